The summed E-state index contributed by atoms with van der Waals surface area (Å²) in [6.45, 7) is 1.44. The average Bonchev–Trinajstić information content (AvgIpc) is 2.37. The van der Waals surface area contributed by atoms with Crippen molar-refractivity contribution in [1.29, 1.82) is 0 Å². The summed E-state index contributed by atoms with van der Waals surface area (Å²) >= 11 is 0.772. The number of nitrogens with two attached hydrogens (primary N) is 2. The number of benzene rings is 2. The van der Waals surface area contributed by atoms with E-state index in [1.165, 1.54) is 6.92 Å². The summed E-state index contributed by atoms with van der Waals surface area (Å²) in [7, 11) is 0. The van der Waals surface area contributed by atoms with Crippen molar-refractivity contribution in [3.05, 3.63) is 42.5 Å². The van der Waals surface area contributed by atoms with Gasteiger partial charge in [0.1, 0.15) is 17.8 Å². The zero-order chi connectivity index (χ0) is 13.8. The van der Waals surface area contributed by atoms with E-state index in [1.807, 2.05) is 30.3 Å². The molecular weight excluding hydrogens is 260 g/mol. The molecule has 0 aliphatic carbocycles. The molecule has 0 atom stereocenters. The first-order chi connectivity index (χ1) is 9.08. The molecule has 19 heavy (non-hydrogen) atoms. The normalized spacial score (nSPS) is 10.2. The Morgan fingerprint density at radius 2 is 1.84 bits per heavy atom. The standard InChI is InChI=1S/C14H14N2O2S/c1-9(17)19-18-14-8-10(15)6-7-12(14)11-4-2-3-5-13(11)16/h2-8H,15-16H2,1H3. The van der Waals surface area contributed by atoms with E-state index in [1.54, 1.807) is 12.1 Å². The number of anilines is 2. The Morgan fingerprint density at radius 1 is 1.11 bits per heavy atom. The van der Waals surface area contributed by atoms with E-state index < -0.39 is 0 Å². The zero-order valence-corrected chi connectivity index (χ0v) is 11.2. The first kappa shape index (κ1) is 13.3. The van der Waals surface area contributed by atoms with Gasteiger partial charge in [-0.15, -0.1) is 0 Å². The molecule has 0 spiro atoms. The van der Waals surface area contributed by atoms with Crippen LogP contribution in [0.3, 0.4) is 0 Å². The van der Waals surface area contributed by atoms with Crippen LogP contribution in [-0.2, 0) is 4.79 Å². The highest BCUT2D eigenvalue weighted by atomic mass is 32.2. The van der Waals surface area contributed by atoms with Crippen LogP contribution in [0.1, 0.15) is 6.92 Å². The number of nitrogen functional groups attached to an aromatic ring is 2. The molecule has 0 heterocycles. The van der Waals surface area contributed by atoms with E-state index in [0.717, 1.165) is 23.2 Å². The molecule has 4 N–H and O–H groups in total. The molecule has 0 aliphatic heterocycles. The van der Waals surface area contributed by atoms with Gasteiger partial charge in [-0.05, 0) is 18.2 Å². The summed E-state index contributed by atoms with van der Waals surface area (Å²) in [5, 5.41) is -0.130. The smallest absolute Gasteiger partial charge is 0.224 e. The highest BCUT2D eigenvalue weighted by Gasteiger charge is 2.11. The van der Waals surface area contributed by atoms with Crippen LogP contribution in [0, 0.1) is 0 Å². The second-order valence-electron chi connectivity index (χ2n) is 4.00. The molecule has 4 nitrogen and oxygen atoms in total. The average molecular weight is 274 g/mol. The van der Waals surface area contributed by atoms with Gasteiger partial charge < -0.3 is 15.7 Å². The lowest BCUT2D eigenvalue weighted by molar-refractivity contribution is -0.109. The molecule has 0 amide bonds. The molecule has 5 heteroatoms. The fourth-order valence-corrected chi connectivity index (χ4v) is 2.02. The van der Waals surface area contributed by atoms with E-state index in [-0.39, 0.29) is 5.12 Å². The largest absolute Gasteiger partial charge is 0.417 e. The summed E-state index contributed by atoms with van der Waals surface area (Å²) in [6, 6.07) is 12.7. The molecule has 2 rings (SSSR count). The number of hydrogen-bond donors (Lipinski definition) is 2. The highest BCUT2D eigenvalue weighted by Crippen LogP contribution is 2.36. The summed E-state index contributed by atoms with van der Waals surface area (Å²) in [6.07, 6.45) is 0. The Kier molecular flexibility index (Phi) is 3.97. The Balaban J connectivity index is 2.45. The molecular formula is C14H14N2O2S. The number of hydrogen-bond acceptors (Lipinski definition) is 5. The first-order valence-electron chi connectivity index (χ1n) is 5.67. The van der Waals surface area contributed by atoms with Gasteiger partial charge in [0.05, 0.1) is 0 Å². The van der Waals surface area contributed by atoms with Crippen molar-refractivity contribution in [2.45, 2.75) is 6.92 Å². The van der Waals surface area contributed by atoms with Crippen molar-refractivity contribution < 1.29 is 8.98 Å². The van der Waals surface area contributed by atoms with E-state index >= 15 is 0 Å². The second kappa shape index (κ2) is 5.67. The Hall–Kier alpha value is -2.14. The quantitative estimate of drug-likeness (QED) is 0.664. The van der Waals surface area contributed by atoms with Crippen LogP contribution in [0.25, 0.3) is 11.1 Å². The van der Waals surface area contributed by atoms with E-state index in [2.05, 4.69) is 0 Å². The molecule has 0 aliphatic rings. The summed E-state index contributed by atoms with van der Waals surface area (Å²) < 4.78 is 5.42. The van der Waals surface area contributed by atoms with E-state index in [4.69, 9.17) is 15.7 Å². The lowest BCUT2D eigenvalue weighted by Gasteiger charge is -2.11. The summed E-state index contributed by atoms with van der Waals surface area (Å²) in [4.78, 5) is 11.0. The Morgan fingerprint density at radius 3 is 2.53 bits per heavy atom. The fourth-order valence-electron chi connectivity index (χ4n) is 1.68. The van der Waals surface area contributed by atoms with Crippen molar-refractivity contribution in [1.82, 2.24) is 0 Å². The molecule has 98 valence electrons. The molecule has 2 aromatic rings. The fraction of sp³-hybridized carbons (Fsp3) is 0.0714. The minimum atomic E-state index is -0.130. The van der Waals surface area contributed by atoms with Crippen LogP contribution in [-0.4, -0.2) is 5.12 Å². The molecule has 0 fully saturated rings. The van der Waals surface area contributed by atoms with Crippen LogP contribution in [0.4, 0.5) is 11.4 Å². The number of carbonyl (C=O) groups excluding carboxylic acids is 1. The van der Waals surface area contributed by atoms with Crippen molar-refractivity contribution in [3.63, 3.8) is 0 Å². The van der Waals surface area contributed by atoms with Crippen molar-refractivity contribution in [2.24, 2.45) is 0 Å². The first-order valence-corrected chi connectivity index (χ1v) is 6.41. The minimum absolute atomic E-state index is 0.130. The molecule has 2 aromatic carbocycles. The maximum absolute atomic E-state index is 11.0. The van der Waals surface area contributed by atoms with Crippen molar-refractivity contribution >= 4 is 28.5 Å². The Bertz CT molecular complexity index is 614. The van der Waals surface area contributed by atoms with Gasteiger partial charge in [0.2, 0.25) is 5.12 Å². The predicted octanol–water partition coefficient (Wildman–Crippen LogP) is 3.09. The number of para-hydroxylation sites is 1. The SMILES string of the molecule is CC(=O)SOc1cc(N)ccc1-c1ccccc1N. The van der Waals surface area contributed by atoms with Gasteiger partial charge in [0.15, 0.2) is 0 Å². The third kappa shape index (κ3) is 3.20. The van der Waals surface area contributed by atoms with Gasteiger partial charge in [-0.3, -0.25) is 4.79 Å². The van der Waals surface area contributed by atoms with Crippen molar-refractivity contribution in [3.8, 4) is 16.9 Å². The van der Waals surface area contributed by atoms with Gasteiger partial charge in [0, 0.05) is 35.5 Å². The van der Waals surface area contributed by atoms with Gasteiger partial charge in [-0.2, -0.15) is 0 Å². The number of carbonyl (C=O) groups is 1. The van der Waals surface area contributed by atoms with Crippen molar-refractivity contribution in [2.75, 3.05) is 11.5 Å². The third-order valence-electron chi connectivity index (χ3n) is 2.51. The Labute approximate surface area is 116 Å². The summed E-state index contributed by atoms with van der Waals surface area (Å²) in [5.74, 6) is 0.526. The van der Waals surface area contributed by atoms with Crippen LogP contribution < -0.4 is 15.7 Å². The van der Waals surface area contributed by atoms with Crippen LogP contribution >= 0.6 is 12.0 Å². The molecule has 0 aromatic heterocycles. The van der Waals surface area contributed by atoms with Crippen LogP contribution in [0.5, 0.6) is 5.75 Å². The van der Waals surface area contributed by atoms with Gasteiger partial charge in [0.25, 0.3) is 0 Å². The maximum atomic E-state index is 11.0. The lowest BCUT2D eigenvalue weighted by atomic mass is 10.0. The topological polar surface area (TPSA) is 78.3 Å². The lowest BCUT2D eigenvalue weighted by Crippen LogP contribution is -1.95. The summed E-state index contributed by atoms with van der Waals surface area (Å²) in [5.41, 5.74) is 14.6. The van der Waals surface area contributed by atoms with Gasteiger partial charge >= 0.3 is 0 Å². The molecule has 0 bridgehead atoms. The van der Waals surface area contributed by atoms with E-state index in [9.17, 15) is 4.79 Å². The molecule has 0 radical (unpaired) electrons. The monoisotopic (exact) mass is 274 g/mol. The molecule has 0 saturated heterocycles. The zero-order valence-electron chi connectivity index (χ0n) is 10.4. The second-order valence-corrected chi connectivity index (χ2v) is 4.91. The van der Waals surface area contributed by atoms with Gasteiger partial charge in [-0.1, -0.05) is 18.2 Å². The third-order valence-corrected chi connectivity index (χ3v) is 3.00. The van der Waals surface area contributed by atoms with Crippen LogP contribution in [0.15, 0.2) is 42.5 Å². The van der Waals surface area contributed by atoms with Crippen LogP contribution in [0.2, 0.25) is 0 Å². The highest BCUT2D eigenvalue weighted by molar-refractivity contribution is 8.09. The molecule has 0 saturated carbocycles. The maximum Gasteiger partial charge on any atom is 0.224 e. The minimum Gasteiger partial charge on any atom is -0.417 e. The predicted molar refractivity (Wildman–Crippen MR) is 79.6 cm³/mol. The molecule has 0 unspecified atom stereocenters. The van der Waals surface area contributed by atoms with Gasteiger partial charge in [-0.25, -0.2) is 0 Å². The number of rotatable bonds is 3. The van der Waals surface area contributed by atoms with E-state index in [0.29, 0.717) is 17.1 Å².